The van der Waals surface area contributed by atoms with E-state index in [1.807, 2.05) is 60.7 Å². The Morgan fingerprint density at radius 3 is 2.20 bits per heavy atom. The number of carbonyl (C=O) groups is 2. The second kappa shape index (κ2) is 10.6. The lowest BCUT2D eigenvalue weighted by Gasteiger charge is -2.39. The zero-order chi connectivity index (χ0) is 24.8. The topological polar surface area (TPSA) is 117 Å². The molecular formula is C27H24N4O4. The molecule has 1 saturated heterocycles. The van der Waals surface area contributed by atoms with Crippen LogP contribution in [0.4, 0.5) is 10.5 Å². The summed E-state index contributed by atoms with van der Waals surface area (Å²) in [5, 5.41) is 28.7. The minimum atomic E-state index is -1.19. The van der Waals surface area contributed by atoms with Gasteiger partial charge in [-0.05, 0) is 17.7 Å². The zero-order valence-corrected chi connectivity index (χ0v) is 18.9. The monoisotopic (exact) mass is 468 g/mol. The van der Waals surface area contributed by atoms with Gasteiger partial charge in [-0.1, -0.05) is 66.7 Å². The van der Waals surface area contributed by atoms with Crippen molar-refractivity contribution in [2.75, 3.05) is 19.7 Å². The number of amides is 2. The number of aliphatic hydroxyl groups is 1. The van der Waals surface area contributed by atoms with Crippen LogP contribution in [0.3, 0.4) is 0 Å². The molecule has 1 heterocycles. The number of piperazine rings is 1. The van der Waals surface area contributed by atoms with Crippen LogP contribution in [-0.2, 0) is 11.3 Å². The smallest absolute Gasteiger partial charge is 0.407 e. The molecule has 1 atom stereocenters. The first-order valence-corrected chi connectivity index (χ1v) is 11.1. The Morgan fingerprint density at radius 1 is 1.03 bits per heavy atom. The predicted octanol–water partition coefficient (Wildman–Crippen LogP) is 3.41. The van der Waals surface area contributed by atoms with E-state index in [1.54, 1.807) is 18.2 Å². The SMILES string of the molecule is N#Cc1ccc(CN2C(=O)CN(C(=O)O)C[C@@H]2CO)cc1N=C(c1ccccc1)c1ccccc1. The average molecular weight is 469 g/mol. The highest BCUT2D eigenvalue weighted by Gasteiger charge is 2.34. The predicted molar refractivity (Wildman–Crippen MR) is 130 cm³/mol. The first-order valence-electron chi connectivity index (χ1n) is 11.1. The molecule has 0 aliphatic carbocycles. The normalized spacial score (nSPS) is 15.4. The zero-order valence-electron chi connectivity index (χ0n) is 18.9. The van der Waals surface area contributed by atoms with Crippen LogP contribution in [0.15, 0.2) is 83.9 Å². The molecule has 0 radical (unpaired) electrons. The number of carbonyl (C=O) groups excluding carboxylic acids is 1. The van der Waals surface area contributed by atoms with Gasteiger partial charge < -0.3 is 15.1 Å². The Labute approximate surface area is 203 Å². The van der Waals surface area contributed by atoms with Gasteiger partial charge in [0.1, 0.15) is 12.6 Å². The van der Waals surface area contributed by atoms with Crippen LogP contribution in [0.1, 0.15) is 22.3 Å². The molecule has 0 aromatic heterocycles. The summed E-state index contributed by atoms with van der Waals surface area (Å²) in [5.41, 5.74) is 4.07. The van der Waals surface area contributed by atoms with Crippen molar-refractivity contribution in [3.8, 4) is 6.07 Å². The molecule has 1 aliphatic rings. The lowest BCUT2D eigenvalue weighted by atomic mass is 10.0. The third-order valence-corrected chi connectivity index (χ3v) is 5.86. The second-order valence-corrected chi connectivity index (χ2v) is 8.18. The van der Waals surface area contributed by atoms with Crippen LogP contribution in [-0.4, -0.2) is 63.5 Å². The Bertz CT molecular complexity index is 1240. The number of nitrogens with zero attached hydrogens (tertiary/aromatic N) is 4. The van der Waals surface area contributed by atoms with Crippen molar-refractivity contribution in [1.82, 2.24) is 9.80 Å². The van der Waals surface area contributed by atoms with Crippen molar-refractivity contribution < 1.29 is 19.8 Å². The van der Waals surface area contributed by atoms with Gasteiger partial charge in [0.15, 0.2) is 0 Å². The van der Waals surface area contributed by atoms with Gasteiger partial charge in [-0.2, -0.15) is 5.26 Å². The summed E-state index contributed by atoms with van der Waals surface area (Å²) in [7, 11) is 0. The first-order chi connectivity index (χ1) is 17.0. The van der Waals surface area contributed by atoms with E-state index in [0.717, 1.165) is 21.6 Å². The maximum absolute atomic E-state index is 12.7. The highest BCUT2D eigenvalue weighted by atomic mass is 16.4. The Hall–Kier alpha value is -4.48. The van der Waals surface area contributed by atoms with Crippen molar-refractivity contribution in [1.29, 1.82) is 5.26 Å². The molecule has 1 fully saturated rings. The Morgan fingerprint density at radius 2 is 1.66 bits per heavy atom. The summed E-state index contributed by atoms with van der Waals surface area (Å²) < 4.78 is 0. The molecule has 0 unspecified atom stereocenters. The van der Waals surface area contributed by atoms with E-state index < -0.39 is 12.1 Å². The standard InChI is InChI=1S/C27H24N4O4/c28-14-22-12-11-19(15-31-23(18-32)16-30(27(34)35)17-25(31)33)13-24(22)29-26(20-7-3-1-4-8-20)21-9-5-2-6-10-21/h1-13,23,32H,15-18H2,(H,34,35)/t23-/m1/s1. The summed E-state index contributed by atoms with van der Waals surface area (Å²) in [4.78, 5) is 31.3. The van der Waals surface area contributed by atoms with Gasteiger partial charge in [-0.15, -0.1) is 0 Å². The summed E-state index contributed by atoms with van der Waals surface area (Å²) >= 11 is 0. The number of hydrogen-bond acceptors (Lipinski definition) is 5. The summed E-state index contributed by atoms with van der Waals surface area (Å²) in [5.74, 6) is -0.388. The maximum Gasteiger partial charge on any atom is 0.407 e. The number of nitriles is 1. The summed E-state index contributed by atoms with van der Waals surface area (Å²) in [6.07, 6.45) is -1.19. The van der Waals surface area contributed by atoms with Crippen molar-refractivity contribution in [2.24, 2.45) is 4.99 Å². The van der Waals surface area contributed by atoms with Gasteiger partial charge in [0, 0.05) is 24.2 Å². The summed E-state index contributed by atoms with van der Waals surface area (Å²) in [6.45, 7) is -0.426. The van der Waals surface area contributed by atoms with Gasteiger partial charge in [0.25, 0.3) is 0 Å². The molecule has 0 bridgehead atoms. The largest absolute Gasteiger partial charge is 0.465 e. The third-order valence-electron chi connectivity index (χ3n) is 5.86. The van der Waals surface area contributed by atoms with E-state index in [9.17, 15) is 25.1 Å². The first kappa shape index (κ1) is 23.7. The maximum atomic E-state index is 12.7. The fourth-order valence-electron chi connectivity index (χ4n) is 4.06. The van der Waals surface area contributed by atoms with Gasteiger partial charge in [-0.25, -0.2) is 9.79 Å². The fraction of sp³-hybridized carbons (Fsp3) is 0.185. The van der Waals surface area contributed by atoms with Crippen LogP contribution < -0.4 is 0 Å². The molecule has 2 N–H and O–H groups in total. The molecule has 3 aromatic rings. The number of aliphatic imine (C=N–C) groups is 1. The van der Waals surface area contributed by atoms with E-state index in [1.165, 1.54) is 4.90 Å². The van der Waals surface area contributed by atoms with E-state index in [0.29, 0.717) is 17.0 Å². The molecule has 2 amide bonds. The molecule has 8 nitrogen and oxygen atoms in total. The van der Waals surface area contributed by atoms with E-state index in [2.05, 4.69) is 6.07 Å². The Kier molecular flexibility index (Phi) is 7.19. The second-order valence-electron chi connectivity index (χ2n) is 8.18. The van der Waals surface area contributed by atoms with Gasteiger partial charge >= 0.3 is 6.09 Å². The van der Waals surface area contributed by atoms with Crippen molar-refractivity contribution in [3.05, 3.63) is 101 Å². The molecule has 0 spiro atoms. The minimum absolute atomic E-state index is 0.0328. The number of rotatable bonds is 6. The van der Waals surface area contributed by atoms with Crippen molar-refractivity contribution >= 4 is 23.4 Å². The minimum Gasteiger partial charge on any atom is -0.465 e. The number of benzene rings is 3. The molecule has 0 saturated carbocycles. The van der Waals surface area contributed by atoms with Crippen LogP contribution in [0.2, 0.25) is 0 Å². The lowest BCUT2D eigenvalue weighted by molar-refractivity contribution is -0.141. The highest BCUT2D eigenvalue weighted by Crippen LogP contribution is 2.26. The average Bonchev–Trinajstić information content (AvgIpc) is 2.89. The van der Waals surface area contributed by atoms with Crippen LogP contribution in [0.5, 0.6) is 0 Å². The van der Waals surface area contributed by atoms with Gasteiger partial charge in [0.05, 0.1) is 29.6 Å². The van der Waals surface area contributed by atoms with Crippen molar-refractivity contribution in [2.45, 2.75) is 12.6 Å². The molecule has 35 heavy (non-hydrogen) atoms. The molecule has 3 aromatic carbocycles. The van der Waals surface area contributed by atoms with Gasteiger partial charge in [-0.3, -0.25) is 9.69 Å². The third kappa shape index (κ3) is 5.37. The number of aliphatic hydroxyl groups excluding tert-OH is 1. The molecule has 176 valence electrons. The molecular weight excluding hydrogens is 444 g/mol. The fourth-order valence-corrected chi connectivity index (χ4v) is 4.06. The van der Waals surface area contributed by atoms with Gasteiger partial charge in [0.2, 0.25) is 5.91 Å². The van der Waals surface area contributed by atoms with Crippen LogP contribution >= 0.6 is 0 Å². The molecule has 4 rings (SSSR count). The van der Waals surface area contributed by atoms with Crippen LogP contribution in [0, 0.1) is 11.3 Å². The Balaban J connectivity index is 1.71. The van der Waals surface area contributed by atoms with Crippen molar-refractivity contribution in [3.63, 3.8) is 0 Å². The van der Waals surface area contributed by atoms with E-state index >= 15 is 0 Å². The lowest BCUT2D eigenvalue weighted by Crippen LogP contribution is -2.58. The molecule has 1 aliphatic heterocycles. The van der Waals surface area contributed by atoms with Crippen LogP contribution in [0.25, 0.3) is 0 Å². The van der Waals surface area contributed by atoms with E-state index in [4.69, 9.17) is 4.99 Å². The number of hydrogen-bond donors (Lipinski definition) is 2. The highest BCUT2D eigenvalue weighted by molar-refractivity contribution is 6.14. The quantitative estimate of drug-likeness (QED) is 0.538. The van der Waals surface area contributed by atoms with E-state index in [-0.39, 0.29) is 32.1 Å². The number of carboxylic acid groups (broad SMARTS) is 1. The summed E-state index contributed by atoms with van der Waals surface area (Å²) in [6, 6.07) is 26.0. The molecule has 8 heteroatoms.